The third-order valence-corrected chi connectivity index (χ3v) is 4.15. The molecule has 0 saturated carbocycles. The van der Waals surface area contributed by atoms with Gasteiger partial charge in [0.1, 0.15) is 0 Å². The van der Waals surface area contributed by atoms with Crippen LogP contribution >= 0.6 is 0 Å². The molecule has 0 fully saturated rings. The van der Waals surface area contributed by atoms with E-state index in [2.05, 4.69) is 54.0 Å². The zero-order valence-corrected chi connectivity index (χ0v) is 11.2. The van der Waals surface area contributed by atoms with Crippen molar-refractivity contribution in [1.82, 2.24) is 9.55 Å². The largest absolute Gasteiger partial charge is 0.340 e. The van der Waals surface area contributed by atoms with Crippen LogP contribution in [0.3, 0.4) is 0 Å². The molecule has 2 heteroatoms. The van der Waals surface area contributed by atoms with Gasteiger partial charge in [0.05, 0.1) is 12.0 Å². The van der Waals surface area contributed by atoms with E-state index in [0.29, 0.717) is 0 Å². The molecule has 1 aliphatic rings. The lowest BCUT2D eigenvalue weighted by atomic mass is 9.78. The molecule has 0 amide bonds. The Balaban J connectivity index is 2.01. The van der Waals surface area contributed by atoms with Gasteiger partial charge >= 0.3 is 0 Å². The molecule has 94 valence electrons. The molecule has 1 heterocycles. The minimum absolute atomic E-state index is 0.236. The van der Waals surface area contributed by atoms with Crippen molar-refractivity contribution in [2.75, 3.05) is 0 Å². The van der Waals surface area contributed by atoms with Crippen LogP contribution in [0.1, 0.15) is 36.6 Å². The molecular weight excluding hydrogens is 220 g/mol. The van der Waals surface area contributed by atoms with E-state index in [-0.39, 0.29) is 5.41 Å². The molecule has 3 rings (SSSR count). The molecule has 18 heavy (non-hydrogen) atoms. The highest BCUT2D eigenvalue weighted by Gasteiger charge is 2.39. The number of aryl methyl sites for hydroxylation is 1. The number of nitrogens with zero attached hydrogens (tertiary/aromatic N) is 2. The molecule has 0 radical (unpaired) electrons. The summed E-state index contributed by atoms with van der Waals surface area (Å²) in [4.78, 5) is 4.63. The third-order valence-electron chi connectivity index (χ3n) is 4.15. The monoisotopic (exact) mass is 240 g/mol. The van der Waals surface area contributed by atoms with Gasteiger partial charge < -0.3 is 4.57 Å². The lowest BCUT2D eigenvalue weighted by molar-refractivity contribution is 0.399. The molecule has 0 N–H and O–H groups in total. The van der Waals surface area contributed by atoms with Gasteiger partial charge in [-0.3, -0.25) is 0 Å². The van der Waals surface area contributed by atoms with Crippen molar-refractivity contribution < 1.29 is 0 Å². The van der Waals surface area contributed by atoms with E-state index in [0.717, 1.165) is 12.8 Å². The van der Waals surface area contributed by atoms with Gasteiger partial charge in [-0.05, 0) is 30.4 Å². The maximum Gasteiger partial charge on any atom is 0.0947 e. The zero-order valence-electron chi connectivity index (χ0n) is 11.2. The molecule has 2 aromatic rings. The Morgan fingerprint density at radius 1 is 1.22 bits per heavy atom. The van der Waals surface area contributed by atoms with E-state index in [4.69, 9.17) is 0 Å². The first-order valence-corrected chi connectivity index (χ1v) is 6.79. The van der Waals surface area contributed by atoms with Crippen molar-refractivity contribution in [3.63, 3.8) is 0 Å². The van der Waals surface area contributed by atoms with E-state index in [1.807, 2.05) is 6.33 Å². The second-order valence-electron chi connectivity index (χ2n) is 5.58. The van der Waals surface area contributed by atoms with Crippen LogP contribution in [0, 0.1) is 0 Å². The first kappa shape index (κ1) is 11.5. The highest BCUT2D eigenvalue weighted by molar-refractivity contribution is 5.39. The Labute approximate surface area is 109 Å². The van der Waals surface area contributed by atoms with Crippen LogP contribution in [0.25, 0.3) is 0 Å². The quantitative estimate of drug-likeness (QED) is 0.805. The Kier molecular flexibility index (Phi) is 2.73. The van der Waals surface area contributed by atoms with Crippen LogP contribution < -0.4 is 0 Å². The van der Waals surface area contributed by atoms with Gasteiger partial charge in [-0.1, -0.05) is 37.6 Å². The van der Waals surface area contributed by atoms with Crippen LogP contribution in [0.5, 0.6) is 0 Å². The minimum atomic E-state index is 0.236. The fourth-order valence-corrected chi connectivity index (χ4v) is 3.35. The summed E-state index contributed by atoms with van der Waals surface area (Å²) >= 11 is 0. The summed E-state index contributed by atoms with van der Waals surface area (Å²) in [5, 5.41) is 0. The first-order valence-electron chi connectivity index (χ1n) is 6.79. The van der Waals surface area contributed by atoms with Crippen LogP contribution in [0.4, 0.5) is 0 Å². The summed E-state index contributed by atoms with van der Waals surface area (Å²) in [5.41, 5.74) is 4.52. The number of rotatable bonds is 3. The highest BCUT2D eigenvalue weighted by Crippen LogP contribution is 2.42. The summed E-state index contributed by atoms with van der Waals surface area (Å²) in [6.45, 7) is 2.27. The Hall–Kier alpha value is -1.57. The lowest BCUT2D eigenvalue weighted by Gasteiger charge is -2.26. The predicted molar refractivity (Wildman–Crippen MR) is 73.6 cm³/mol. The van der Waals surface area contributed by atoms with E-state index in [1.165, 1.54) is 29.7 Å². The summed E-state index contributed by atoms with van der Waals surface area (Å²) in [6, 6.07) is 8.85. The van der Waals surface area contributed by atoms with Gasteiger partial charge in [0.25, 0.3) is 0 Å². The molecular formula is C16H20N2. The average molecular weight is 240 g/mol. The normalized spacial score (nSPS) is 16.8. The number of aromatic nitrogens is 2. The van der Waals surface area contributed by atoms with Gasteiger partial charge in [0.2, 0.25) is 0 Å². The SMILES string of the molecule is CCCC1(c2cn(C)cn2)Cc2ccccc2C1. The van der Waals surface area contributed by atoms with Crippen LogP contribution in [-0.4, -0.2) is 9.55 Å². The molecule has 1 aromatic carbocycles. The summed E-state index contributed by atoms with van der Waals surface area (Å²) in [7, 11) is 2.05. The molecule has 2 nitrogen and oxygen atoms in total. The smallest absolute Gasteiger partial charge is 0.0947 e. The Bertz CT molecular complexity index is 529. The second kappa shape index (κ2) is 4.27. The van der Waals surface area contributed by atoms with Gasteiger partial charge in [-0.2, -0.15) is 0 Å². The van der Waals surface area contributed by atoms with Crippen LogP contribution in [-0.2, 0) is 25.3 Å². The van der Waals surface area contributed by atoms with Gasteiger partial charge in [0.15, 0.2) is 0 Å². The third kappa shape index (κ3) is 1.76. The standard InChI is InChI=1S/C16H20N2/c1-3-8-16(15-11-18(2)12-17-15)9-13-6-4-5-7-14(13)10-16/h4-7,11-12H,3,8-10H2,1-2H3. The van der Waals surface area contributed by atoms with Crippen LogP contribution in [0.15, 0.2) is 36.8 Å². The van der Waals surface area contributed by atoms with E-state index in [1.54, 1.807) is 0 Å². The van der Waals surface area contributed by atoms with Crippen molar-refractivity contribution in [3.8, 4) is 0 Å². The van der Waals surface area contributed by atoms with E-state index >= 15 is 0 Å². The summed E-state index contributed by atoms with van der Waals surface area (Å²) in [6.07, 6.45) is 8.85. The number of imidazole rings is 1. The second-order valence-corrected chi connectivity index (χ2v) is 5.58. The topological polar surface area (TPSA) is 17.8 Å². The predicted octanol–water partition coefficient (Wildman–Crippen LogP) is 3.26. The molecule has 0 unspecified atom stereocenters. The van der Waals surface area contributed by atoms with E-state index < -0.39 is 0 Å². The van der Waals surface area contributed by atoms with Crippen molar-refractivity contribution in [1.29, 1.82) is 0 Å². The van der Waals surface area contributed by atoms with Crippen molar-refractivity contribution >= 4 is 0 Å². The first-order chi connectivity index (χ1) is 8.73. The Morgan fingerprint density at radius 3 is 2.39 bits per heavy atom. The average Bonchev–Trinajstić information content (AvgIpc) is 2.93. The Morgan fingerprint density at radius 2 is 1.89 bits per heavy atom. The zero-order chi connectivity index (χ0) is 12.6. The highest BCUT2D eigenvalue weighted by atomic mass is 15.0. The fraction of sp³-hybridized carbons (Fsp3) is 0.438. The fourth-order valence-electron chi connectivity index (χ4n) is 3.35. The van der Waals surface area contributed by atoms with Gasteiger partial charge in [-0.25, -0.2) is 4.98 Å². The molecule has 0 atom stereocenters. The molecule has 1 aliphatic carbocycles. The maximum absolute atomic E-state index is 4.63. The number of hydrogen-bond donors (Lipinski definition) is 0. The van der Waals surface area contributed by atoms with E-state index in [9.17, 15) is 0 Å². The number of benzene rings is 1. The van der Waals surface area contributed by atoms with Crippen molar-refractivity contribution in [2.45, 2.75) is 38.0 Å². The summed E-state index contributed by atoms with van der Waals surface area (Å²) in [5.74, 6) is 0. The lowest BCUT2D eigenvalue weighted by Crippen LogP contribution is -2.27. The molecule has 0 spiro atoms. The molecule has 1 aromatic heterocycles. The maximum atomic E-state index is 4.63. The number of hydrogen-bond acceptors (Lipinski definition) is 1. The van der Waals surface area contributed by atoms with Gasteiger partial charge in [0, 0.05) is 18.7 Å². The van der Waals surface area contributed by atoms with Crippen molar-refractivity contribution in [3.05, 3.63) is 53.6 Å². The van der Waals surface area contributed by atoms with Gasteiger partial charge in [-0.15, -0.1) is 0 Å². The van der Waals surface area contributed by atoms with Crippen molar-refractivity contribution in [2.24, 2.45) is 7.05 Å². The summed E-state index contributed by atoms with van der Waals surface area (Å²) < 4.78 is 2.07. The van der Waals surface area contributed by atoms with Crippen LogP contribution in [0.2, 0.25) is 0 Å². The number of fused-ring (bicyclic) bond motifs is 1. The molecule has 0 aliphatic heterocycles. The minimum Gasteiger partial charge on any atom is -0.340 e. The molecule has 0 bridgehead atoms. The molecule has 0 saturated heterocycles.